The number of ether oxygens (including phenoxy) is 2. The molecule has 0 saturated carbocycles. The number of hydrogen-bond acceptors (Lipinski definition) is 5. The molecule has 7 heteroatoms. The fourth-order valence-electron chi connectivity index (χ4n) is 2.30. The van der Waals surface area contributed by atoms with Gasteiger partial charge in [0.1, 0.15) is 0 Å². The van der Waals surface area contributed by atoms with Crippen molar-refractivity contribution in [2.24, 2.45) is 0 Å². The van der Waals surface area contributed by atoms with Crippen LogP contribution in [0.25, 0.3) is 0 Å². The molecular formula is C17H17N3O4. The van der Waals surface area contributed by atoms with E-state index >= 15 is 0 Å². The van der Waals surface area contributed by atoms with Crippen molar-refractivity contribution >= 4 is 11.8 Å². The van der Waals surface area contributed by atoms with Gasteiger partial charge in [0.25, 0.3) is 5.91 Å². The molecule has 124 valence electrons. The Kier molecular flexibility index (Phi) is 4.60. The van der Waals surface area contributed by atoms with E-state index in [1.165, 1.54) is 0 Å². The molecule has 2 aromatic rings. The lowest BCUT2D eigenvalue weighted by atomic mass is 10.2. The summed E-state index contributed by atoms with van der Waals surface area (Å²) in [7, 11) is 0. The Morgan fingerprint density at radius 3 is 2.83 bits per heavy atom. The van der Waals surface area contributed by atoms with Gasteiger partial charge in [-0.25, -0.2) is 0 Å². The molecule has 0 saturated heterocycles. The van der Waals surface area contributed by atoms with Crippen LogP contribution in [0.15, 0.2) is 42.6 Å². The van der Waals surface area contributed by atoms with Crippen LogP contribution in [-0.4, -0.2) is 30.1 Å². The molecule has 0 unspecified atom stereocenters. The number of benzene rings is 1. The van der Waals surface area contributed by atoms with E-state index in [2.05, 4.69) is 15.6 Å². The number of carbonyl (C=O) groups excluding carboxylic acids is 2. The molecule has 2 N–H and O–H groups in total. The van der Waals surface area contributed by atoms with Gasteiger partial charge in [0, 0.05) is 11.8 Å². The topological polar surface area (TPSA) is 89.6 Å². The predicted molar refractivity (Wildman–Crippen MR) is 85.7 cm³/mol. The molecule has 24 heavy (non-hydrogen) atoms. The van der Waals surface area contributed by atoms with E-state index in [9.17, 15) is 9.59 Å². The summed E-state index contributed by atoms with van der Waals surface area (Å²) in [6.07, 6.45) is 1.67. The van der Waals surface area contributed by atoms with E-state index in [1.807, 2.05) is 25.1 Å². The predicted octanol–water partition coefficient (Wildman–Crippen LogP) is 1.42. The van der Waals surface area contributed by atoms with Gasteiger partial charge in [-0.3, -0.25) is 14.6 Å². The number of fused-ring (bicyclic) bond motifs is 1. The zero-order valence-corrected chi connectivity index (χ0v) is 13.1. The number of aromatic nitrogens is 1. The number of carbonyl (C=O) groups is 2. The second-order valence-electron chi connectivity index (χ2n) is 5.29. The van der Waals surface area contributed by atoms with Gasteiger partial charge in [-0.15, -0.1) is 0 Å². The van der Waals surface area contributed by atoms with Crippen molar-refractivity contribution in [1.82, 2.24) is 15.6 Å². The number of nitrogens with one attached hydrogen (secondary N) is 2. The van der Waals surface area contributed by atoms with Gasteiger partial charge in [-0.2, -0.15) is 0 Å². The highest BCUT2D eigenvalue weighted by atomic mass is 16.7. The van der Waals surface area contributed by atoms with Crippen LogP contribution < -0.4 is 20.1 Å². The van der Waals surface area contributed by atoms with Crippen molar-refractivity contribution in [3.63, 3.8) is 0 Å². The highest BCUT2D eigenvalue weighted by Gasteiger charge is 2.17. The monoisotopic (exact) mass is 327 g/mol. The summed E-state index contributed by atoms with van der Waals surface area (Å²) >= 11 is 0. The first-order chi connectivity index (χ1) is 11.6. The third-order valence-electron chi connectivity index (χ3n) is 3.55. The van der Waals surface area contributed by atoms with Crippen LogP contribution in [0.3, 0.4) is 0 Å². The van der Waals surface area contributed by atoms with Crippen molar-refractivity contribution in [3.05, 3.63) is 53.9 Å². The van der Waals surface area contributed by atoms with E-state index in [-0.39, 0.29) is 31.2 Å². The molecule has 0 fully saturated rings. The van der Waals surface area contributed by atoms with Crippen LogP contribution in [0.2, 0.25) is 0 Å². The minimum absolute atomic E-state index is 0.121. The van der Waals surface area contributed by atoms with Crippen LogP contribution in [0.5, 0.6) is 11.5 Å². The molecule has 0 aliphatic carbocycles. The first-order valence-corrected chi connectivity index (χ1v) is 7.51. The molecule has 0 radical (unpaired) electrons. The Balaban J connectivity index is 1.51. The quantitative estimate of drug-likeness (QED) is 0.867. The summed E-state index contributed by atoms with van der Waals surface area (Å²) in [4.78, 5) is 28.2. The number of amides is 2. The second kappa shape index (κ2) is 6.99. The molecule has 1 aliphatic heterocycles. The number of nitrogens with zero attached hydrogens (tertiary/aromatic N) is 1. The van der Waals surface area contributed by atoms with E-state index in [0.717, 1.165) is 5.69 Å². The van der Waals surface area contributed by atoms with Gasteiger partial charge in [0.15, 0.2) is 11.5 Å². The zero-order valence-electron chi connectivity index (χ0n) is 13.1. The van der Waals surface area contributed by atoms with Gasteiger partial charge in [0.05, 0.1) is 18.3 Å². The minimum Gasteiger partial charge on any atom is -0.454 e. The van der Waals surface area contributed by atoms with Gasteiger partial charge >= 0.3 is 0 Å². The van der Waals surface area contributed by atoms with Crippen LogP contribution >= 0.6 is 0 Å². The summed E-state index contributed by atoms with van der Waals surface area (Å²) in [6, 6.07) is 10.1. The third-order valence-corrected chi connectivity index (χ3v) is 3.55. The first kappa shape index (κ1) is 15.8. The lowest BCUT2D eigenvalue weighted by Gasteiger charge is -2.13. The maximum atomic E-state index is 12.1. The molecule has 1 aromatic carbocycles. The summed E-state index contributed by atoms with van der Waals surface area (Å²) in [5.41, 5.74) is 1.16. The standard InChI is InChI=1S/C17H17N3O4/c1-11(13-4-2-3-7-18-13)20-16(21)9-19-17(22)12-5-6-14-15(8-12)24-10-23-14/h2-8,11H,9-10H2,1H3,(H,19,22)(H,20,21)/t11-/m1/s1. The van der Waals surface area contributed by atoms with Crippen molar-refractivity contribution in [2.45, 2.75) is 13.0 Å². The second-order valence-corrected chi connectivity index (χ2v) is 5.29. The Morgan fingerprint density at radius 1 is 1.21 bits per heavy atom. The van der Waals surface area contributed by atoms with E-state index in [4.69, 9.17) is 9.47 Å². The van der Waals surface area contributed by atoms with Gasteiger partial charge < -0.3 is 20.1 Å². The fraction of sp³-hybridized carbons (Fsp3) is 0.235. The van der Waals surface area contributed by atoms with Gasteiger partial charge in [-0.1, -0.05) is 6.07 Å². The average Bonchev–Trinajstić information content (AvgIpc) is 3.08. The number of hydrogen-bond donors (Lipinski definition) is 2. The Morgan fingerprint density at radius 2 is 2.04 bits per heavy atom. The molecule has 7 nitrogen and oxygen atoms in total. The molecular weight excluding hydrogens is 310 g/mol. The number of rotatable bonds is 5. The van der Waals surface area contributed by atoms with E-state index in [1.54, 1.807) is 24.4 Å². The molecule has 2 heterocycles. The highest BCUT2D eigenvalue weighted by Crippen LogP contribution is 2.32. The lowest BCUT2D eigenvalue weighted by Crippen LogP contribution is -2.38. The van der Waals surface area contributed by atoms with Gasteiger partial charge in [0.2, 0.25) is 12.7 Å². The summed E-state index contributed by atoms with van der Waals surface area (Å²) in [5, 5.41) is 5.36. The molecule has 3 rings (SSSR count). The van der Waals surface area contributed by atoms with Gasteiger partial charge in [-0.05, 0) is 37.3 Å². The largest absolute Gasteiger partial charge is 0.454 e. The summed E-state index contributed by atoms with van der Waals surface area (Å²) in [6.45, 7) is 1.86. The Bertz CT molecular complexity index is 749. The zero-order chi connectivity index (χ0) is 16.9. The van der Waals surface area contributed by atoms with Crippen molar-refractivity contribution in [1.29, 1.82) is 0 Å². The van der Waals surface area contributed by atoms with Crippen LogP contribution in [0.4, 0.5) is 0 Å². The molecule has 0 bridgehead atoms. The van der Waals surface area contributed by atoms with Crippen molar-refractivity contribution < 1.29 is 19.1 Å². The molecule has 1 aliphatic rings. The Labute approximate surface area is 139 Å². The third kappa shape index (κ3) is 3.62. The molecule has 1 atom stereocenters. The smallest absolute Gasteiger partial charge is 0.251 e. The maximum Gasteiger partial charge on any atom is 0.251 e. The van der Waals surface area contributed by atoms with Crippen LogP contribution in [0, 0.1) is 0 Å². The van der Waals surface area contributed by atoms with E-state index < -0.39 is 0 Å². The maximum absolute atomic E-state index is 12.1. The normalized spacial score (nSPS) is 13.2. The van der Waals surface area contributed by atoms with Crippen LogP contribution in [0.1, 0.15) is 29.0 Å². The lowest BCUT2D eigenvalue weighted by molar-refractivity contribution is -0.120. The number of pyridine rings is 1. The fourth-order valence-corrected chi connectivity index (χ4v) is 2.30. The van der Waals surface area contributed by atoms with Crippen LogP contribution in [-0.2, 0) is 4.79 Å². The molecule has 2 amide bonds. The minimum atomic E-state index is -0.353. The molecule has 1 aromatic heterocycles. The SMILES string of the molecule is C[C@@H](NC(=O)CNC(=O)c1ccc2c(c1)OCO2)c1ccccn1. The van der Waals surface area contributed by atoms with Crippen molar-refractivity contribution in [3.8, 4) is 11.5 Å². The highest BCUT2D eigenvalue weighted by molar-refractivity contribution is 5.97. The van der Waals surface area contributed by atoms with Crippen molar-refractivity contribution in [2.75, 3.05) is 13.3 Å². The average molecular weight is 327 g/mol. The summed E-state index contributed by atoms with van der Waals surface area (Å²) in [5.74, 6) is 0.487. The summed E-state index contributed by atoms with van der Waals surface area (Å²) < 4.78 is 10.4. The van der Waals surface area contributed by atoms with E-state index in [0.29, 0.717) is 17.1 Å². The molecule has 0 spiro atoms. The first-order valence-electron chi connectivity index (χ1n) is 7.51. The Hall–Kier alpha value is -3.09.